The van der Waals surface area contributed by atoms with E-state index in [1.807, 2.05) is 13.8 Å². The highest BCUT2D eigenvalue weighted by atomic mass is 16.1. The highest BCUT2D eigenvalue weighted by Gasteiger charge is 2.04. The lowest BCUT2D eigenvalue weighted by molar-refractivity contribution is 0.748. The van der Waals surface area contributed by atoms with Crippen LogP contribution in [0.15, 0.2) is 4.79 Å². The number of aromatic nitrogens is 3. The zero-order valence-corrected chi connectivity index (χ0v) is 9.29. The summed E-state index contributed by atoms with van der Waals surface area (Å²) >= 11 is 0. The van der Waals surface area contributed by atoms with Gasteiger partial charge in [0, 0.05) is 12.6 Å². The largest absolute Gasteiger partial charge is 0.354 e. The van der Waals surface area contributed by atoms with Gasteiger partial charge in [0.2, 0.25) is 11.9 Å². The maximum atomic E-state index is 11.2. The van der Waals surface area contributed by atoms with Crippen LogP contribution in [0.2, 0.25) is 0 Å². The van der Waals surface area contributed by atoms with E-state index in [0.717, 1.165) is 6.42 Å². The van der Waals surface area contributed by atoms with Gasteiger partial charge in [0.25, 0.3) is 0 Å². The van der Waals surface area contributed by atoms with Crippen LogP contribution in [0.4, 0.5) is 11.9 Å². The second-order valence-corrected chi connectivity index (χ2v) is 3.31. The van der Waals surface area contributed by atoms with Gasteiger partial charge in [-0.05, 0) is 20.3 Å². The van der Waals surface area contributed by atoms with Gasteiger partial charge in [0.05, 0.1) is 0 Å². The van der Waals surface area contributed by atoms with E-state index in [9.17, 15) is 4.79 Å². The molecule has 0 bridgehead atoms. The van der Waals surface area contributed by atoms with Crippen molar-refractivity contribution in [1.82, 2.24) is 15.0 Å². The normalized spacial score (nSPS) is 12.2. The molecule has 1 heterocycles. The summed E-state index contributed by atoms with van der Waals surface area (Å²) in [6.45, 7) is 6.69. The summed E-state index contributed by atoms with van der Waals surface area (Å²) in [5.74, 6) is 0.812. The summed E-state index contributed by atoms with van der Waals surface area (Å²) in [5, 5.41) is 5.98. The molecular weight excluding hydrogens is 194 g/mol. The molecule has 0 aliphatic carbocycles. The van der Waals surface area contributed by atoms with E-state index in [2.05, 4.69) is 32.5 Å². The van der Waals surface area contributed by atoms with Crippen LogP contribution in [0.25, 0.3) is 0 Å². The second kappa shape index (κ2) is 5.33. The van der Waals surface area contributed by atoms with Crippen molar-refractivity contribution in [3.63, 3.8) is 0 Å². The number of H-pyrrole nitrogens is 1. The number of anilines is 2. The van der Waals surface area contributed by atoms with Crippen molar-refractivity contribution >= 4 is 11.9 Å². The fraction of sp³-hybridized carbons (Fsp3) is 0.667. The standard InChI is InChI=1S/C9H17N5O/c1-4-6(3)11-8-12-7(10-5-2)13-9(15)14-8/h6H,4-5H2,1-3H3,(H3,10,11,12,13,14,15). The zero-order chi connectivity index (χ0) is 11.3. The van der Waals surface area contributed by atoms with E-state index in [1.165, 1.54) is 0 Å². The summed E-state index contributed by atoms with van der Waals surface area (Å²) in [7, 11) is 0. The molecule has 0 fully saturated rings. The molecule has 6 nitrogen and oxygen atoms in total. The van der Waals surface area contributed by atoms with Gasteiger partial charge in [0.1, 0.15) is 0 Å². The monoisotopic (exact) mass is 211 g/mol. The average molecular weight is 211 g/mol. The maximum absolute atomic E-state index is 11.2. The zero-order valence-electron chi connectivity index (χ0n) is 9.29. The van der Waals surface area contributed by atoms with E-state index in [-0.39, 0.29) is 6.04 Å². The number of aromatic amines is 1. The lowest BCUT2D eigenvalue weighted by Crippen LogP contribution is -2.22. The first-order valence-electron chi connectivity index (χ1n) is 5.14. The second-order valence-electron chi connectivity index (χ2n) is 3.31. The predicted molar refractivity (Wildman–Crippen MR) is 60.2 cm³/mol. The van der Waals surface area contributed by atoms with Crippen LogP contribution in [0, 0.1) is 0 Å². The molecule has 6 heteroatoms. The number of nitrogens with one attached hydrogen (secondary N) is 3. The van der Waals surface area contributed by atoms with Crippen molar-refractivity contribution in [3.05, 3.63) is 10.5 Å². The quantitative estimate of drug-likeness (QED) is 0.671. The molecule has 1 unspecified atom stereocenters. The van der Waals surface area contributed by atoms with Gasteiger partial charge < -0.3 is 10.6 Å². The SMILES string of the molecule is CCNc1nc(NC(C)CC)[nH]c(=O)n1. The summed E-state index contributed by atoms with van der Waals surface area (Å²) in [4.78, 5) is 21.5. The Labute approximate surface area is 88.5 Å². The van der Waals surface area contributed by atoms with Gasteiger partial charge in [-0.2, -0.15) is 9.97 Å². The molecule has 0 amide bonds. The third-order valence-electron chi connectivity index (χ3n) is 1.98. The Morgan fingerprint density at radius 3 is 2.73 bits per heavy atom. The third kappa shape index (κ3) is 3.57. The summed E-state index contributed by atoms with van der Waals surface area (Å²) in [5.41, 5.74) is -0.397. The molecule has 1 atom stereocenters. The third-order valence-corrected chi connectivity index (χ3v) is 1.98. The Morgan fingerprint density at radius 1 is 1.40 bits per heavy atom. The van der Waals surface area contributed by atoms with Crippen LogP contribution in [0.1, 0.15) is 27.2 Å². The average Bonchev–Trinajstić information content (AvgIpc) is 2.17. The number of hydrogen-bond donors (Lipinski definition) is 3. The van der Waals surface area contributed by atoms with E-state index in [0.29, 0.717) is 18.4 Å². The fourth-order valence-corrected chi connectivity index (χ4v) is 1.03. The van der Waals surface area contributed by atoms with Crippen molar-refractivity contribution in [3.8, 4) is 0 Å². The molecule has 0 saturated carbocycles. The van der Waals surface area contributed by atoms with Gasteiger partial charge in [0.15, 0.2) is 0 Å². The van der Waals surface area contributed by atoms with Crippen molar-refractivity contribution < 1.29 is 0 Å². The lowest BCUT2D eigenvalue weighted by atomic mass is 10.3. The van der Waals surface area contributed by atoms with Crippen LogP contribution < -0.4 is 16.3 Å². The topological polar surface area (TPSA) is 82.7 Å². The number of nitrogens with zero attached hydrogens (tertiary/aromatic N) is 2. The Bertz CT molecular complexity index is 362. The number of rotatable bonds is 5. The highest BCUT2D eigenvalue weighted by Crippen LogP contribution is 2.02. The summed E-state index contributed by atoms with van der Waals surface area (Å²) in [6, 6.07) is 0.269. The van der Waals surface area contributed by atoms with Gasteiger partial charge >= 0.3 is 5.69 Å². The molecular formula is C9H17N5O. The molecule has 0 spiro atoms. The van der Waals surface area contributed by atoms with Crippen LogP contribution in [-0.2, 0) is 0 Å². The Kier molecular flexibility index (Phi) is 4.08. The maximum Gasteiger partial charge on any atom is 0.350 e. The minimum Gasteiger partial charge on any atom is -0.354 e. The molecule has 1 rings (SSSR count). The van der Waals surface area contributed by atoms with Gasteiger partial charge in [-0.15, -0.1) is 0 Å². The van der Waals surface area contributed by atoms with Crippen LogP contribution >= 0.6 is 0 Å². The lowest BCUT2D eigenvalue weighted by Gasteiger charge is -2.11. The van der Waals surface area contributed by atoms with E-state index in [1.54, 1.807) is 0 Å². The first kappa shape index (κ1) is 11.5. The first-order valence-corrected chi connectivity index (χ1v) is 5.14. The summed E-state index contributed by atoms with van der Waals surface area (Å²) in [6.07, 6.45) is 0.961. The van der Waals surface area contributed by atoms with E-state index >= 15 is 0 Å². The molecule has 15 heavy (non-hydrogen) atoms. The molecule has 0 radical (unpaired) electrons. The molecule has 0 aliphatic heterocycles. The van der Waals surface area contributed by atoms with Crippen molar-refractivity contribution in [2.45, 2.75) is 33.2 Å². The molecule has 0 saturated heterocycles. The van der Waals surface area contributed by atoms with Crippen molar-refractivity contribution in [2.75, 3.05) is 17.2 Å². The smallest absolute Gasteiger partial charge is 0.350 e. The predicted octanol–water partition coefficient (Wildman–Crippen LogP) is 0.807. The minimum atomic E-state index is -0.397. The molecule has 1 aromatic heterocycles. The molecule has 3 N–H and O–H groups in total. The first-order chi connectivity index (χ1) is 7.15. The van der Waals surface area contributed by atoms with Gasteiger partial charge in [-0.25, -0.2) is 4.79 Å². The van der Waals surface area contributed by atoms with Crippen LogP contribution in [-0.4, -0.2) is 27.5 Å². The van der Waals surface area contributed by atoms with Gasteiger partial charge in [-0.3, -0.25) is 4.98 Å². The number of hydrogen-bond acceptors (Lipinski definition) is 5. The van der Waals surface area contributed by atoms with Gasteiger partial charge in [-0.1, -0.05) is 6.92 Å². The Hall–Kier alpha value is -1.59. The van der Waals surface area contributed by atoms with Crippen molar-refractivity contribution in [2.24, 2.45) is 0 Å². The molecule has 84 valence electrons. The molecule has 1 aromatic rings. The molecule has 0 aliphatic rings. The van der Waals surface area contributed by atoms with E-state index < -0.39 is 5.69 Å². The summed E-state index contributed by atoms with van der Waals surface area (Å²) < 4.78 is 0. The fourth-order valence-electron chi connectivity index (χ4n) is 1.03. The molecule has 0 aromatic carbocycles. The minimum absolute atomic E-state index is 0.269. The Morgan fingerprint density at radius 2 is 2.13 bits per heavy atom. The van der Waals surface area contributed by atoms with E-state index in [4.69, 9.17) is 0 Å². The Balaban J connectivity index is 2.83. The van der Waals surface area contributed by atoms with Crippen LogP contribution in [0.5, 0.6) is 0 Å². The highest BCUT2D eigenvalue weighted by molar-refractivity contribution is 5.33. The van der Waals surface area contributed by atoms with Crippen LogP contribution in [0.3, 0.4) is 0 Å². The van der Waals surface area contributed by atoms with Crippen molar-refractivity contribution in [1.29, 1.82) is 0 Å².